The molecule has 0 radical (unpaired) electrons. The first kappa shape index (κ1) is 23.4. The van der Waals surface area contributed by atoms with E-state index in [0.29, 0.717) is 35.7 Å². The Balaban J connectivity index is 1.96. The maximum absolute atomic E-state index is 12.6. The minimum Gasteiger partial charge on any atom is -0.484 e. The lowest BCUT2D eigenvalue weighted by Crippen LogP contribution is -2.36. The van der Waals surface area contributed by atoms with Gasteiger partial charge < -0.3 is 15.1 Å². The minimum absolute atomic E-state index is 0.0319. The van der Waals surface area contributed by atoms with E-state index in [2.05, 4.69) is 16.8 Å². The van der Waals surface area contributed by atoms with Gasteiger partial charge in [-0.05, 0) is 74.7 Å². The molecular weight excluding hydrogens is 402 g/mol. The van der Waals surface area contributed by atoms with E-state index in [1.54, 1.807) is 48.2 Å². The molecule has 30 heavy (non-hydrogen) atoms. The van der Waals surface area contributed by atoms with Gasteiger partial charge in [-0.25, -0.2) is 8.42 Å². The molecule has 0 aliphatic heterocycles. The van der Waals surface area contributed by atoms with Crippen LogP contribution in [0.2, 0.25) is 0 Å². The van der Waals surface area contributed by atoms with Crippen LogP contribution in [0.3, 0.4) is 0 Å². The van der Waals surface area contributed by atoms with Crippen LogP contribution in [0.1, 0.15) is 30.5 Å². The van der Waals surface area contributed by atoms with Crippen molar-refractivity contribution < 1.29 is 17.9 Å². The van der Waals surface area contributed by atoms with Crippen molar-refractivity contribution >= 4 is 21.6 Å². The highest BCUT2D eigenvalue weighted by molar-refractivity contribution is 7.89. The summed E-state index contributed by atoms with van der Waals surface area (Å²) in [4.78, 5) is 16.3. The lowest BCUT2D eigenvalue weighted by Gasteiger charge is -2.18. The molecule has 2 aromatic carbocycles. The van der Waals surface area contributed by atoms with Crippen molar-refractivity contribution in [2.24, 2.45) is 0 Å². The van der Waals surface area contributed by atoms with Gasteiger partial charge in [-0.2, -0.15) is 0 Å². The number of nitrogens with zero attached hydrogens (tertiary/aromatic N) is 1. The molecule has 0 aliphatic carbocycles. The summed E-state index contributed by atoms with van der Waals surface area (Å²) in [7, 11) is -3.74. The van der Waals surface area contributed by atoms with Crippen LogP contribution in [-0.2, 0) is 14.8 Å². The minimum atomic E-state index is -3.74. The molecule has 8 heteroatoms. The Morgan fingerprint density at radius 3 is 2.30 bits per heavy atom. The Labute approximate surface area is 178 Å². The number of carbonyl (C=O) groups is 1. The number of sulfonamides is 1. The molecule has 1 amide bonds. The molecule has 2 aromatic rings. The molecule has 0 spiro atoms. The van der Waals surface area contributed by atoms with Crippen molar-refractivity contribution in [1.29, 1.82) is 0 Å². The third kappa shape index (κ3) is 6.08. The standard InChI is InChI=1S/C22H29N3O4S/c1-6-25(7-2)22(26)15-29-20-12-10-19(11-13-20)18(5)23-24-30(27,28)21-14-16(3)8-9-17(21)4/h8-14,23-24H,5-7,15H2,1-4H3. The van der Waals surface area contributed by atoms with Crippen LogP contribution >= 0.6 is 0 Å². The Hall–Kier alpha value is -2.84. The van der Waals surface area contributed by atoms with Gasteiger partial charge in [0.1, 0.15) is 5.75 Å². The van der Waals surface area contributed by atoms with E-state index in [4.69, 9.17) is 4.74 Å². The SMILES string of the molecule is C=C(NNS(=O)(=O)c1cc(C)ccc1C)c1ccc(OCC(=O)N(CC)CC)cc1. The molecule has 162 valence electrons. The third-order valence-electron chi connectivity index (χ3n) is 4.65. The Kier molecular flexibility index (Phi) is 8.02. The number of rotatable bonds is 10. The highest BCUT2D eigenvalue weighted by Gasteiger charge is 2.17. The Morgan fingerprint density at radius 1 is 1.07 bits per heavy atom. The molecule has 0 fully saturated rings. The molecule has 2 N–H and O–H groups in total. The van der Waals surface area contributed by atoms with Gasteiger partial charge in [0.25, 0.3) is 15.9 Å². The van der Waals surface area contributed by atoms with E-state index in [1.165, 1.54) is 0 Å². The summed E-state index contributed by atoms with van der Waals surface area (Å²) in [5.41, 5.74) is 5.23. The summed E-state index contributed by atoms with van der Waals surface area (Å²) in [5.74, 6) is 0.471. The molecule has 0 heterocycles. The second-order valence-corrected chi connectivity index (χ2v) is 8.51. The lowest BCUT2D eigenvalue weighted by molar-refractivity contribution is -0.132. The van der Waals surface area contributed by atoms with Gasteiger partial charge in [0, 0.05) is 18.8 Å². The fourth-order valence-electron chi connectivity index (χ4n) is 2.82. The van der Waals surface area contributed by atoms with Crippen LogP contribution in [-0.4, -0.2) is 38.9 Å². The summed E-state index contributed by atoms with van der Waals surface area (Å²) in [6, 6.07) is 12.1. The maximum Gasteiger partial charge on any atom is 0.260 e. The monoisotopic (exact) mass is 431 g/mol. The zero-order valence-electron chi connectivity index (χ0n) is 17.9. The van der Waals surface area contributed by atoms with Gasteiger partial charge in [0.2, 0.25) is 0 Å². The van der Waals surface area contributed by atoms with Gasteiger partial charge in [-0.15, -0.1) is 4.83 Å². The number of hydrogen-bond donors (Lipinski definition) is 2. The second-order valence-electron chi connectivity index (χ2n) is 6.86. The first-order chi connectivity index (χ1) is 14.2. The van der Waals surface area contributed by atoms with Crippen LogP contribution in [0.4, 0.5) is 0 Å². The molecule has 7 nitrogen and oxygen atoms in total. The number of hydrogen-bond acceptors (Lipinski definition) is 5. The summed E-state index contributed by atoms with van der Waals surface area (Å²) in [6.45, 7) is 12.5. The average molecular weight is 432 g/mol. The van der Waals surface area contributed by atoms with E-state index < -0.39 is 10.0 Å². The normalized spacial score (nSPS) is 11.1. The molecule has 0 unspecified atom stereocenters. The predicted molar refractivity (Wildman–Crippen MR) is 118 cm³/mol. The predicted octanol–water partition coefficient (Wildman–Crippen LogP) is 3.00. The molecule has 0 atom stereocenters. The Bertz CT molecular complexity index is 998. The quantitative estimate of drug-likeness (QED) is 0.565. The first-order valence-electron chi connectivity index (χ1n) is 9.73. The van der Waals surface area contributed by atoms with Gasteiger partial charge in [-0.1, -0.05) is 18.7 Å². The summed E-state index contributed by atoms with van der Waals surface area (Å²) in [5, 5.41) is 0. The third-order valence-corrected chi connectivity index (χ3v) is 6.04. The number of nitrogens with one attached hydrogen (secondary N) is 2. The van der Waals surface area contributed by atoms with Crippen LogP contribution in [0.25, 0.3) is 5.70 Å². The molecule has 0 saturated carbocycles. The molecule has 2 rings (SSSR count). The van der Waals surface area contributed by atoms with E-state index in [-0.39, 0.29) is 17.4 Å². The van der Waals surface area contributed by atoms with Crippen molar-refractivity contribution in [1.82, 2.24) is 15.2 Å². The molecule has 0 bridgehead atoms. The second kappa shape index (κ2) is 10.3. The van der Waals surface area contributed by atoms with Gasteiger partial charge in [-0.3, -0.25) is 4.79 Å². The van der Waals surface area contributed by atoms with Crippen LogP contribution in [0, 0.1) is 13.8 Å². The summed E-state index contributed by atoms with van der Waals surface area (Å²) < 4.78 is 30.7. The fraction of sp³-hybridized carbons (Fsp3) is 0.318. The molecule has 0 aromatic heterocycles. The number of amides is 1. The number of hydrazine groups is 1. The average Bonchev–Trinajstić information content (AvgIpc) is 2.73. The Morgan fingerprint density at radius 2 is 1.70 bits per heavy atom. The van der Waals surface area contributed by atoms with E-state index in [9.17, 15) is 13.2 Å². The number of aryl methyl sites for hydroxylation is 2. The van der Waals surface area contributed by atoms with E-state index >= 15 is 0 Å². The van der Waals surface area contributed by atoms with Gasteiger partial charge >= 0.3 is 0 Å². The van der Waals surface area contributed by atoms with Crippen molar-refractivity contribution in [2.45, 2.75) is 32.6 Å². The number of ether oxygens (including phenoxy) is 1. The van der Waals surface area contributed by atoms with Gasteiger partial charge in [0.15, 0.2) is 6.61 Å². The van der Waals surface area contributed by atoms with Crippen LogP contribution in [0.5, 0.6) is 5.75 Å². The zero-order valence-corrected chi connectivity index (χ0v) is 18.7. The first-order valence-corrected chi connectivity index (χ1v) is 11.2. The maximum atomic E-state index is 12.6. The van der Waals surface area contributed by atoms with Crippen molar-refractivity contribution in [3.05, 3.63) is 65.7 Å². The molecular formula is C22H29N3O4S. The summed E-state index contributed by atoms with van der Waals surface area (Å²) >= 11 is 0. The lowest BCUT2D eigenvalue weighted by atomic mass is 10.2. The fourth-order valence-corrected chi connectivity index (χ4v) is 4.02. The van der Waals surface area contributed by atoms with E-state index in [1.807, 2.05) is 26.8 Å². The summed E-state index contributed by atoms with van der Waals surface area (Å²) in [6.07, 6.45) is 0. The van der Waals surface area contributed by atoms with Crippen LogP contribution < -0.4 is 15.0 Å². The zero-order chi connectivity index (χ0) is 22.3. The van der Waals surface area contributed by atoms with Crippen LogP contribution in [0.15, 0.2) is 53.9 Å². The smallest absolute Gasteiger partial charge is 0.260 e. The van der Waals surface area contributed by atoms with E-state index in [0.717, 1.165) is 5.56 Å². The highest BCUT2D eigenvalue weighted by atomic mass is 32.2. The molecule has 0 aliphatic rings. The molecule has 0 saturated heterocycles. The number of carbonyl (C=O) groups excluding carboxylic acids is 1. The van der Waals surface area contributed by atoms with Crippen molar-refractivity contribution in [3.8, 4) is 5.75 Å². The topological polar surface area (TPSA) is 87.7 Å². The number of benzene rings is 2. The highest BCUT2D eigenvalue weighted by Crippen LogP contribution is 2.18. The van der Waals surface area contributed by atoms with Crippen molar-refractivity contribution in [3.63, 3.8) is 0 Å². The largest absolute Gasteiger partial charge is 0.484 e. The number of likely N-dealkylation sites (N-methyl/N-ethyl adjacent to an activating group) is 1. The van der Waals surface area contributed by atoms with Crippen molar-refractivity contribution in [2.75, 3.05) is 19.7 Å². The van der Waals surface area contributed by atoms with Gasteiger partial charge in [0.05, 0.1) is 4.90 Å².